The molecule has 4 heteroatoms. The first kappa shape index (κ1) is 9.66. The summed E-state index contributed by atoms with van der Waals surface area (Å²) in [6, 6.07) is 2.04. The summed E-state index contributed by atoms with van der Waals surface area (Å²) in [6.07, 6.45) is 2.07. The molecule has 3 aromatic heterocycles. The topological polar surface area (TPSA) is 30.4 Å². The Kier molecular flexibility index (Phi) is 1.94. The van der Waals surface area contributed by atoms with E-state index in [1.165, 1.54) is 5.69 Å². The summed E-state index contributed by atoms with van der Waals surface area (Å²) in [5, 5.41) is 2.11. The van der Waals surface area contributed by atoms with Gasteiger partial charge in [0.05, 0.1) is 5.69 Å². The summed E-state index contributed by atoms with van der Waals surface area (Å²) in [4.78, 5) is 5.63. The number of nitrogens with zero attached hydrogens (tertiary/aromatic N) is 2. The van der Waals surface area contributed by atoms with Crippen LogP contribution in [0.25, 0.3) is 16.2 Å². The van der Waals surface area contributed by atoms with Crippen LogP contribution in [-0.2, 0) is 0 Å². The molecule has 0 radical (unpaired) electrons. The van der Waals surface area contributed by atoms with E-state index in [4.69, 9.17) is 4.42 Å². The van der Waals surface area contributed by atoms with E-state index in [2.05, 4.69) is 27.9 Å². The summed E-state index contributed by atoms with van der Waals surface area (Å²) >= 11 is 1.66. The fourth-order valence-electron chi connectivity index (χ4n) is 1.91. The number of furan rings is 1. The molecule has 0 spiro atoms. The second kappa shape index (κ2) is 3.22. The molecule has 16 heavy (non-hydrogen) atoms. The quantitative estimate of drug-likeness (QED) is 0.642. The van der Waals surface area contributed by atoms with E-state index >= 15 is 0 Å². The Bertz CT molecular complexity index is 660. The second-order valence-electron chi connectivity index (χ2n) is 3.98. The maximum absolute atomic E-state index is 5.53. The Morgan fingerprint density at radius 1 is 1.31 bits per heavy atom. The van der Waals surface area contributed by atoms with Crippen LogP contribution in [0.1, 0.15) is 17.2 Å². The van der Waals surface area contributed by atoms with Crippen molar-refractivity contribution in [3.63, 3.8) is 0 Å². The van der Waals surface area contributed by atoms with Gasteiger partial charge in [-0.05, 0) is 26.8 Å². The van der Waals surface area contributed by atoms with Gasteiger partial charge in [0, 0.05) is 22.8 Å². The largest absolute Gasteiger partial charge is 0.466 e. The summed E-state index contributed by atoms with van der Waals surface area (Å²) in [5.41, 5.74) is 3.30. The van der Waals surface area contributed by atoms with Gasteiger partial charge >= 0.3 is 0 Å². The average molecular weight is 232 g/mol. The Morgan fingerprint density at radius 2 is 2.12 bits per heavy atom. The molecule has 0 amide bonds. The van der Waals surface area contributed by atoms with E-state index < -0.39 is 0 Å². The van der Waals surface area contributed by atoms with Crippen LogP contribution >= 0.6 is 11.3 Å². The Balaban J connectivity index is 2.22. The third-order valence-corrected chi connectivity index (χ3v) is 3.66. The van der Waals surface area contributed by atoms with Gasteiger partial charge in [0.2, 0.25) is 0 Å². The molecule has 0 unspecified atom stereocenters. The molecule has 0 aromatic carbocycles. The van der Waals surface area contributed by atoms with Crippen molar-refractivity contribution in [3.8, 4) is 11.3 Å². The number of rotatable bonds is 1. The first-order valence-corrected chi connectivity index (χ1v) is 6.04. The summed E-state index contributed by atoms with van der Waals surface area (Å²) in [5.74, 6) is 1.86. The predicted octanol–water partition coefficient (Wildman–Crippen LogP) is 3.58. The van der Waals surface area contributed by atoms with Gasteiger partial charge in [0.1, 0.15) is 11.5 Å². The van der Waals surface area contributed by atoms with Crippen molar-refractivity contribution in [1.29, 1.82) is 0 Å². The maximum Gasteiger partial charge on any atom is 0.194 e. The van der Waals surface area contributed by atoms with Crippen molar-refractivity contribution in [2.45, 2.75) is 20.8 Å². The smallest absolute Gasteiger partial charge is 0.194 e. The fraction of sp³-hybridized carbons (Fsp3) is 0.250. The van der Waals surface area contributed by atoms with E-state index in [1.54, 1.807) is 11.3 Å². The molecule has 0 atom stereocenters. The van der Waals surface area contributed by atoms with E-state index in [9.17, 15) is 0 Å². The molecule has 82 valence electrons. The molecule has 0 aliphatic heterocycles. The molecule has 3 heterocycles. The highest BCUT2D eigenvalue weighted by molar-refractivity contribution is 7.15. The lowest BCUT2D eigenvalue weighted by atomic mass is 10.2. The molecular weight excluding hydrogens is 220 g/mol. The van der Waals surface area contributed by atoms with Gasteiger partial charge in [-0.2, -0.15) is 0 Å². The SMILES string of the molecule is Cc1cc(-c2cn3c(C)csc3n2)c(C)o1. The zero-order valence-corrected chi connectivity index (χ0v) is 10.3. The van der Waals surface area contributed by atoms with Gasteiger partial charge in [-0.25, -0.2) is 4.98 Å². The normalized spacial score (nSPS) is 11.4. The third kappa shape index (κ3) is 1.30. The molecule has 3 nitrogen and oxygen atoms in total. The Morgan fingerprint density at radius 3 is 2.75 bits per heavy atom. The van der Waals surface area contributed by atoms with Crippen LogP contribution in [0.3, 0.4) is 0 Å². The van der Waals surface area contributed by atoms with Crippen molar-refractivity contribution in [2.75, 3.05) is 0 Å². The van der Waals surface area contributed by atoms with Crippen LogP contribution < -0.4 is 0 Å². The number of thiazole rings is 1. The molecule has 0 fully saturated rings. The van der Waals surface area contributed by atoms with Crippen LogP contribution in [-0.4, -0.2) is 9.38 Å². The summed E-state index contributed by atoms with van der Waals surface area (Å²) in [7, 11) is 0. The number of hydrogen-bond acceptors (Lipinski definition) is 3. The maximum atomic E-state index is 5.53. The molecule has 0 aliphatic carbocycles. The summed E-state index contributed by atoms with van der Waals surface area (Å²) < 4.78 is 7.64. The zero-order valence-electron chi connectivity index (χ0n) is 9.44. The number of imidazole rings is 1. The van der Waals surface area contributed by atoms with Crippen LogP contribution in [0.4, 0.5) is 0 Å². The minimum Gasteiger partial charge on any atom is -0.466 e. The van der Waals surface area contributed by atoms with Crippen LogP contribution in [0.5, 0.6) is 0 Å². The van der Waals surface area contributed by atoms with Gasteiger partial charge in [-0.15, -0.1) is 11.3 Å². The van der Waals surface area contributed by atoms with Crippen LogP contribution in [0.2, 0.25) is 0 Å². The van der Waals surface area contributed by atoms with Crippen LogP contribution in [0.15, 0.2) is 22.1 Å². The molecule has 3 rings (SSSR count). The van der Waals surface area contributed by atoms with Crippen molar-refractivity contribution in [2.24, 2.45) is 0 Å². The van der Waals surface area contributed by atoms with Gasteiger partial charge < -0.3 is 4.42 Å². The van der Waals surface area contributed by atoms with Gasteiger partial charge in [0.25, 0.3) is 0 Å². The lowest BCUT2D eigenvalue weighted by Gasteiger charge is -1.90. The Hall–Kier alpha value is -1.55. The second-order valence-corrected chi connectivity index (χ2v) is 4.82. The third-order valence-electron chi connectivity index (χ3n) is 2.71. The van der Waals surface area contributed by atoms with Gasteiger partial charge in [-0.3, -0.25) is 4.40 Å². The molecule has 0 aliphatic rings. The number of aromatic nitrogens is 2. The lowest BCUT2D eigenvalue weighted by Crippen LogP contribution is -1.78. The van der Waals surface area contributed by atoms with E-state index in [0.29, 0.717) is 0 Å². The highest BCUT2D eigenvalue weighted by Gasteiger charge is 2.12. The summed E-state index contributed by atoms with van der Waals surface area (Å²) in [6.45, 7) is 6.02. The first-order chi connectivity index (χ1) is 7.65. The first-order valence-electron chi connectivity index (χ1n) is 5.16. The minimum absolute atomic E-state index is 0.931. The van der Waals surface area contributed by atoms with Crippen LogP contribution in [0, 0.1) is 20.8 Å². The lowest BCUT2D eigenvalue weighted by molar-refractivity contribution is 0.505. The Labute approximate surface area is 97.4 Å². The molecule has 3 aromatic rings. The predicted molar refractivity (Wildman–Crippen MR) is 65.0 cm³/mol. The highest BCUT2D eigenvalue weighted by Crippen LogP contribution is 2.27. The number of hydrogen-bond donors (Lipinski definition) is 0. The standard InChI is InChI=1S/C12H12N2OS/c1-7-6-16-12-13-11(5-14(7)12)10-4-8(2)15-9(10)3/h4-6H,1-3H3. The van der Waals surface area contributed by atoms with Crippen molar-refractivity contribution in [1.82, 2.24) is 9.38 Å². The van der Waals surface area contributed by atoms with E-state index in [-0.39, 0.29) is 0 Å². The number of fused-ring (bicyclic) bond motifs is 1. The van der Waals surface area contributed by atoms with Gasteiger partial charge in [0.15, 0.2) is 4.96 Å². The molecule has 0 saturated carbocycles. The zero-order chi connectivity index (χ0) is 11.3. The van der Waals surface area contributed by atoms with Crippen molar-refractivity contribution >= 4 is 16.3 Å². The average Bonchev–Trinajstić information content (AvgIpc) is 2.84. The van der Waals surface area contributed by atoms with E-state index in [0.717, 1.165) is 27.7 Å². The van der Waals surface area contributed by atoms with Crippen molar-refractivity contribution < 1.29 is 4.42 Å². The monoisotopic (exact) mass is 232 g/mol. The van der Waals surface area contributed by atoms with E-state index in [1.807, 2.05) is 19.9 Å². The molecular formula is C12H12N2OS. The molecule has 0 bridgehead atoms. The fourth-order valence-corrected chi connectivity index (χ4v) is 2.76. The van der Waals surface area contributed by atoms with Gasteiger partial charge in [-0.1, -0.05) is 0 Å². The number of aryl methyl sites for hydroxylation is 3. The van der Waals surface area contributed by atoms with Crippen molar-refractivity contribution in [3.05, 3.63) is 34.9 Å². The molecule has 0 N–H and O–H groups in total. The minimum atomic E-state index is 0.931. The highest BCUT2D eigenvalue weighted by atomic mass is 32.1. The molecule has 0 saturated heterocycles.